The molecule has 7 heteroatoms. The second kappa shape index (κ2) is 9.60. The van der Waals surface area contributed by atoms with Crippen LogP contribution in [0.5, 0.6) is 0 Å². The van der Waals surface area contributed by atoms with Crippen molar-refractivity contribution in [1.82, 2.24) is 0 Å². The minimum atomic E-state index is -0.584. The number of benzene rings is 2. The lowest BCUT2D eigenvalue weighted by molar-refractivity contribution is -0.147. The maximum atomic E-state index is 12.1. The summed E-state index contributed by atoms with van der Waals surface area (Å²) in [5, 5.41) is 4.91. The summed E-state index contributed by atoms with van der Waals surface area (Å²) < 4.78 is 5.05. The van der Waals surface area contributed by atoms with Gasteiger partial charge in [-0.05, 0) is 42.2 Å². The van der Waals surface area contributed by atoms with Gasteiger partial charge in [-0.2, -0.15) is 0 Å². The van der Waals surface area contributed by atoms with Crippen LogP contribution in [-0.2, 0) is 19.1 Å². The Morgan fingerprint density at radius 2 is 1.90 bits per heavy atom. The van der Waals surface area contributed by atoms with Crippen molar-refractivity contribution in [2.75, 3.05) is 17.2 Å². The van der Waals surface area contributed by atoms with Gasteiger partial charge in [0.05, 0.1) is 17.4 Å². The fraction of sp³-hybridized carbons (Fsp3) is 0.318. The van der Waals surface area contributed by atoms with E-state index in [0.717, 1.165) is 17.0 Å². The van der Waals surface area contributed by atoms with Crippen LogP contribution >= 0.6 is 11.8 Å². The summed E-state index contributed by atoms with van der Waals surface area (Å²) in [4.78, 5) is 37.2. The number of nitrogens with one attached hydrogen (secondary N) is 2. The Bertz CT molecular complexity index is 898. The van der Waals surface area contributed by atoms with Crippen LogP contribution in [0.15, 0.2) is 53.4 Å². The van der Waals surface area contributed by atoms with Gasteiger partial charge >= 0.3 is 5.97 Å². The van der Waals surface area contributed by atoms with Gasteiger partial charge in [0.15, 0.2) is 6.61 Å². The molecule has 2 aromatic carbocycles. The minimum absolute atomic E-state index is 0.0955. The molecule has 1 aliphatic heterocycles. The summed E-state index contributed by atoms with van der Waals surface area (Å²) >= 11 is 1.32. The van der Waals surface area contributed by atoms with Crippen molar-refractivity contribution in [1.29, 1.82) is 0 Å². The van der Waals surface area contributed by atoms with Gasteiger partial charge in [0.1, 0.15) is 0 Å². The van der Waals surface area contributed by atoms with Crippen LogP contribution in [0.25, 0.3) is 0 Å². The van der Waals surface area contributed by atoms with Gasteiger partial charge in [-0.3, -0.25) is 14.4 Å². The van der Waals surface area contributed by atoms with E-state index in [1.807, 2.05) is 48.5 Å². The molecule has 2 atom stereocenters. The summed E-state index contributed by atoms with van der Waals surface area (Å²) in [6, 6.07) is 15.0. The average molecular weight is 413 g/mol. The van der Waals surface area contributed by atoms with Crippen LogP contribution in [0.2, 0.25) is 0 Å². The van der Waals surface area contributed by atoms with Gasteiger partial charge in [0, 0.05) is 10.6 Å². The highest BCUT2D eigenvalue weighted by atomic mass is 32.2. The number of carbonyl (C=O) groups excluding carboxylic acids is 3. The summed E-state index contributed by atoms with van der Waals surface area (Å²) in [5.74, 6) is -0.779. The molecule has 0 aromatic heterocycles. The van der Waals surface area contributed by atoms with Crippen molar-refractivity contribution < 1.29 is 19.1 Å². The number of carbonyl (C=O) groups is 3. The molecule has 0 aliphatic carbocycles. The standard InChI is InChI=1S/C22H24N2O4S/c1-3-14(2)15-8-10-16(11-9-15)23-20(25)13-28-21(26)12-19-22(27)24-17-6-4-5-7-18(17)29-19/h4-11,14,19H,3,12-13H2,1-2H3,(H,23,25)(H,24,27)/t14-,19+/m0/s1. The first-order valence-corrected chi connectivity index (χ1v) is 10.5. The molecule has 152 valence electrons. The minimum Gasteiger partial charge on any atom is -0.456 e. The third kappa shape index (κ3) is 5.60. The van der Waals surface area contributed by atoms with Crippen molar-refractivity contribution >= 4 is 40.9 Å². The lowest BCUT2D eigenvalue weighted by atomic mass is 9.99. The Morgan fingerprint density at radius 1 is 1.17 bits per heavy atom. The van der Waals surface area contributed by atoms with Crippen molar-refractivity contribution in [3.63, 3.8) is 0 Å². The summed E-state index contributed by atoms with van der Waals surface area (Å²) in [6.07, 6.45) is 0.951. The van der Waals surface area contributed by atoms with Gasteiger partial charge in [0.2, 0.25) is 5.91 Å². The first kappa shape index (κ1) is 20.9. The molecule has 2 amide bonds. The number of rotatable bonds is 7. The van der Waals surface area contributed by atoms with Crippen molar-refractivity contribution in [3.05, 3.63) is 54.1 Å². The summed E-state index contributed by atoms with van der Waals surface area (Å²) in [5.41, 5.74) is 2.60. The van der Waals surface area contributed by atoms with E-state index in [2.05, 4.69) is 24.5 Å². The molecule has 1 aliphatic rings. The van der Waals surface area contributed by atoms with Crippen LogP contribution in [0.1, 0.15) is 38.2 Å². The van der Waals surface area contributed by atoms with E-state index in [1.54, 1.807) is 0 Å². The Labute approximate surface area is 174 Å². The maximum Gasteiger partial charge on any atom is 0.307 e. The maximum absolute atomic E-state index is 12.1. The highest BCUT2D eigenvalue weighted by Crippen LogP contribution is 2.36. The Balaban J connectivity index is 1.45. The van der Waals surface area contributed by atoms with E-state index in [9.17, 15) is 14.4 Å². The second-order valence-corrected chi connectivity index (χ2v) is 8.18. The zero-order valence-electron chi connectivity index (χ0n) is 16.4. The molecule has 0 saturated carbocycles. The third-order valence-corrected chi connectivity index (χ3v) is 6.07. The average Bonchev–Trinajstić information content (AvgIpc) is 2.73. The van der Waals surface area contributed by atoms with Gasteiger partial charge in [-0.1, -0.05) is 38.1 Å². The second-order valence-electron chi connectivity index (χ2n) is 6.94. The van der Waals surface area contributed by atoms with Crippen LogP contribution in [0.3, 0.4) is 0 Å². The number of anilines is 2. The number of hydrogen-bond acceptors (Lipinski definition) is 5. The molecule has 2 aromatic rings. The molecule has 0 bridgehead atoms. The third-order valence-electron chi connectivity index (χ3n) is 4.80. The van der Waals surface area contributed by atoms with E-state index in [0.29, 0.717) is 11.6 Å². The Hall–Kier alpha value is -2.80. The van der Waals surface area contributed by atoms with E-state index < -0.39 is 17.1 Å². The molecule has 1 heterocycles. The summed E-state index contributed by atoms with van der Waals surface area (Å²) in [7, 11) is 0. The number of hydrogen-bond donors (Lipinski definition) is 2. The Kier molecular flexibility index (Phi) is 6.93. The molecule has 2 N–H and O–H groups in total. The molecule has 0 fully saturated rings. The fourth-order valence-corrected chi connectivity index (χ4v) is 4.01. The lowest BCUT2D eigenvalue weighted by Gasteiger charge is -2.23. The quantitative estimate of drug-likeness (QED) is 0.667. The predicted octanol–water partition coefficient (Wildman–Crippen LogP) is 4.18. The van der Waals surface area contributed by atoms with Gasteiger partial charge in [-0.25, -0.2) is 0 Å². The van der Waals surface area contributed by atoms with Crippen LogP contribution in [-0.4, -0.2) is 29.6 Å². The van der Waals surface area contributed by atoms with Gasteiger partial charge in [-0.15, -0.1) is 11.8 Å². The molecule has 0 unspecified atom stereocenters. The van der Waals surface area contributed by atoms with Crippen LogP contribution < -0.4 is 10.6 Å². The van der Waals surface area contributed by atoms with Crippen molar-refractivity contribution in [2.45, 2.75) is 42.8 Å². The smallest absolute Gasteiger partial charge is 0.307 e. The molecule has 6 nitrogen and oxygen atoms in total. The van der Waals surface area contributed by atoms with E-state index >= 15 is 0 Å². The monoisotopic (exact) mass is 412 g/mol. The molecular weight excluding hydrogens is 388 g/mol. The van der Waals surface area contributed by atoms with Crippen LogP contribution in [0.4, 0.5) is 11.4 Å². The van der Waals surface area contributed by atoms with E-state index in [1.165, 1.54) is 17.3 Å². The highest BCUT2D eigenvalue weighted by Gasteiger charge is 2.29. The van der Waals surface area contributed by atoms with Gasteiger partial charge in [0.25, 0.3) is 5.91 Å². The van der Waals surface area contributed by atoms with E-state index in [4.69, 9.17) is 4.74 Å². The molecule has 0 saturated heterocycles. The van der Waals surface area contributed by atoms with Gasteiger partial charge < -0.3 is 15.4 Å². The summed E-state index contributed by atoms with van der Waals surface area (Å²) in [6.45, 7) is 3.89. The highest BCUT2D eigenvalue weighted by molar-refractivity contribution is 8.01. The number of fused-ring (bicyclic) bond motifs is 1. The topological polar surface area (TPSA) is 84.5 Å². The number of para-hydroxylation sites is 1. The fourth-order valence-electron chi connectivity index (χ4n) is 2.91. The molecular formula is C22H24N2O4S. The number of thioether (sulfide) groups is 1. The van der Waals surface area contributed by atoms with Crippen LogP contribution in [0, 0.1) is 0 Å². The lowest BCUT2D eigenvalue weighted by Crippen LogP contribution is -2.32. The Morgan fingerprint density at radius 3 is 2.62 bits per heavy atom. The molecule has 3 rings (SSSR count). The molecule has 29 heavy (non-hydrogen) atoms. The van der Waals surface area contributed by atoms with E-state index in [-0.39, 0.29) is 18.9 Å². The van der Waals surface area contributed by atoms with Crippen molar-refractivity contribution in [2.24, 2.45) is 0 Å². The molecule has 0 radical (unpaired) electrons. The normalized spacial score (nSPS) is 16.3. The molecule has 0 spiro atoms. The zero-order chi connectivity index (χ0) is 20.8. The number of amides is 2. The predicted molar refractivity (Wildman–Crippen MR) is 114 cm³/mol. The first-order chi connectivity index (χ1) is 14.0. The SMILES string of the molecule is CC[C@H](C)c1ccc(NC(=O)COC(=O)C[C@H]2Sc3ccccc3NC2=O)cc1. The number of esters is 1. The van der Waals surface area contributed by atoms with Crippen molar-refractivity contribution in [3.8, 4) is 0 Å². The largest absolute Gasteiger partial charge is 0.456 e. The zero-order valence-corrected chi connectivity index (χ0v) is 17.3. The number of ether oxygens (including phenoxy) is 1. The first-order valence-electron chi connectivity index (χ1n) is 9.58.